The summed E-state index contributed by atoms with van der Waals surface area (Å²) < 4.78 is 5.14. The van der Waals surface area contributed by atoms with Gasteiger partial charge in [-0.2, -0.15) is 5.26 Å². The molecular weight excluding hydrogens is 314 g/mol. The van der Waals surface area contributed by atoms with E-state index in [1.54, 1.807) is 18.9 Å². The zero-order valence-electron chi connectivity index (χ0n) is 12.2. The molecule has 0 amide bonds. The Bertz CT molecular complexity index is 623. The Balaban J connectivity index is 1.81. The van der Waals surface area contributed by atoms with Crippen LogP contribution in [0.1, 0.15) is 5.56 Å². The molecular formula is C16H17N3OS2. The first-order valence-electron chi connectivity index (χ1n) is 6.64. The third kappa shape index (κ3) is 5.19. The lowest BCUT2D eigenvalue weighted by Gasteiger charge is -2.15. The van der Waals surface area contributed by atoms with Gasteiger partial charge in [0.15, 0.2) is 0 Å². The summed E-state index contributed by atoms with van der Waals surface area (Å²) in [7, 11) is 1.66. The van der Waals surface area contributed by atoms with Crippen molar-refractivity contribution in [1.82, 2.24) is 0 Å². The topological polar surface area (TPSA) is 71.1 Å². The van der Waals surface area contributed by atoms with Gasteiger partial charge in [-0.3, -0.25) is 0 Å². The van der Waals surface area contributed by atoms with Crippen LogP contribution in [-0.4, -0.2) is 12.6 Å². The third-order valence-electron chi connectivity index (χ3n) is 2.92. The highest BCUT2D eigenvalue weighted by molar-refractivity contribution is 8.03. The number of hydrogen-bond donors (Lipinski definition) is 2. The lowest BCUT2D eigenvalue weighted by atomic mass is 10.2. The minimum atomic E-state index is -0.198. The van der Waals surface area contributed by atoms with E-state index in [-0.39, 0.29) is 5.50 Å². The second-order valence-electron chi connectivity index (χ2n) is 4.44. The van der Waals surface area contributed by atoms with Crippen molar-refractivity contribution in [2.45, 2.75) is 16.1 Å². The molecule has 0 aliphatic heterocycles. The molecule has 3 N–H and O–H groups in total. The monoisotopic (exact) mass is 331 g/mol. The fourth-order valence-corrected chi connectivity index (χ4v) is 2.95. The molecule has 0 saturated carbocycles. The van der Waals surface area contributed by atoms with Gasteiger partial charge < -0.3 is 15.8 Å². The largest absolute Gasteiger partial charge is 0.497 e. The zero-order chi connectivity index (χ0) is 15.8. The van der Waals surface area contributed by atoms with Crippen molar-refractivity contribution in [1.29, 1.82) is 5.26 Å². The van der Waals surface area contributed by atoms with Gasteiger partial charge in [-0.05, 0) is 53.7 Å². The number of thioether (sulfide) groups is 2. The van der Waals surface area contributed by atoms with Crippen LogP contribution in [-0.2, 0) is 5.75 Å². The number of ether oxygens (including phenoxy) is 1. The van der Waals surface area contributed by atoms with Crippen LogP contribution in [0, 0.1) is 10.7 Å². The standard InChI is InChI=1S/C16H17N3OS2/c1-20-14-6-2-12(3-7-14)10-21-16(18)19-13-4-8-15(9-5-13)22-11-17/h2-9,16,19H,10,18H2,1H3. The molecule has 2 rings (SSSR count). The summed E-state index contributed by atoms with van der Waals surface area (Å²) in [4.78, 5) is 0.924. The molecule has 0 spiro atoms. The van der Waals surface area contributed by atoms with Crippen molar-refractivity contribution in [2.24, 2.45) is 5.73 Å². The quantitative estimate of drug-likeness (QED) is 0.456. The predicted octanol–water partition coefficient (Wildman–Crippen LogP) is 3.86. The summed E-state index contributed by atoms with van der Waals surface area (Å²) in [5.74, 6) is 1.67. The van der Waals surface area contributed by atoms with E-state index in [0.717, 1.165) is 33.8 Å². The number of methoxy groups -OCH3 is 1. The number of rotatable bonds is 7. The Hall–Kier alpha value is -1.81. The number of anilines is 1. The van der Waals surface area contributed by atoms with Crippen molar-refractivity contribution in [3.05, 3.63) is 54.1 Å². The van der Waals surface area contributed by atoms with Crippen LogP contribution >= 0.6 is 23.5 Å². The predicted molar refractivity (Wildman–Crippen MR) is 93.8 cm³/mol. The van der Waals surface area contributed by atoms with Crippen molar-refractivity contribution >= 4 is 29.2 Å². The number of nitrogens with two attached hydrogens (primary N) is 1. The van der Waals surface area contributed by atoms with E-state index in [9.17, 15) is 0 Å². The lowest BCUT2D eigenvalue weighted by Crippen LogP contribution is -2.25. The van der Waals surface area contributed by atoms with E-state index in [4.69, 9.17) is 15.7 Å². The molecule has 0 bridgehead atoms. The molecule has 0 saturated heterocycles. The molecule has 2 aromatic rings. The molecule has 2 aromatic carbocycles. The maximum Gasteiger partial charge on any atom is 0.138 e. The molecule has 4 nitrogen and oxygen atoms in total. The molecule has 6 heteroatoms. The third-order valence-corrected chi connectivity index (χ3v) is 4.49. The van der Waals surface area contributed by atoms with Crippen LogP contribution < -0.4 is 15.8 Å². The van der Waals surface area contributed by atoms with E-state index >= 15 is 0 Å². The van der Waals surface area contributed by atoms with E-state index in [2.05, 4.69) is 5.32 Å². The van der Waals surface area contributed by atoms with Crippen LogP contribution in [0.25, 0.3) is 0 Å². The zero-order valence-corrected chi connectivity index (χ0v) is 13.8. The molecule has 1 atom stereocenters. The fourth-order valence-electron chi connectivity index (χ4n) is 1.79. The maximum absolute atomic E-state index is 8.61. The van der Waals surface area contributed by atoms with Gasteiger partial charge in [0.2, 0.25) is 0 Å². The Labute approximate surface area is 139 Å². The Morgan fingerprint density at radius 2 is 1.86 bits per heavy atom. The van der Waals surface area contributed by atoms with Crippen molar-refractivity contribution in [2.75, 3.05) is 12.4 Å². The molecule has 0 radical (unpaired) electrons. The number of benzene rings is 2. The van der Waals surface area contributed by atoms with Crippen molar-refractivity contribution < 1.29 is 4.74 Å². The summed E-state index contributed by atoms with van der Waals surface area (Å²) >= 11 is 2.76. The smallest absolute Gasteiger partial charge is 0.138 e. The SMILES string of the molecule is COc1ccc(CSC(N)Nc2ccc(SC#N)cc2)cc1. The highest BCUT2D eigenvalue weighted by Gasteiger charge is 2.04. The average molecular weight is 331 g/mol. The van der Waals surface area contributed by atoms with Crippen LogP contribution in [0.5, 0.6) is 5.75 Å². The summed E-state index contributed by atoms with van der Waals surface area (Å²) in [5.41, 5.74) is 8.02. The van der Waals surface area contributed by atoms with Crippen molar-refractivity contribution in [3.63, 3.8) is 0 Å². The number of nitriles is 1. The summed E-state index contributed by atoms with van der Waals surface area (Å²) in [5, 5.41) is 13.9. The highest BCUT2D eigenvalue weighted by Crippen LogP contribution is 2.22. The molecule has 1 unspecified atom stereocenters. The summed E-state index contributed by atoms with van der Waals surface area (Å²) in [6, 6.07) is 15.6. The first-order valence-corrected chi connectivity index (χ1v) is 8.50. The van der Waals surface area contributed by atoms with E-state index in [1.807, 2.05) is 53.9 Å². The lowest BCUT2D eigenvalue weighted by molar-refractivity contribution is 0.414. The van der Waals surface area contributed by atoms with Gasteiger partial charge in [0.25, 0.3) is 0 Å². The van der Waals surface area contributed by atoms with Gasteiger partial charge in [0.05, 0.1) is 7.11 Å². The molecule has 22 heavy (non-hydrogen) atoms. The Kier molecular flexibility index (Phi) is 6.46. The number of hydrogen-bond acceptors (Lipinski definition) is 6. The first-order chi connectivity index (χ1) is 10.7. The van der Waals surface area contributed by atoms with Gasteiger partial charge in [-0.1, -0.05) is 12.1 Å². The van der Waals surface area contributed by atoms with Gasteiger partial charge in [-0.15, -0.1) is 11.8 Å². The van der Waals surface area contributed by atoms with E-state index in [1.165, 1.54) is 5.56 Å². The Morgan fingerprint density at radius 1 is 1.18 bits per heavy atom. The minimum Gasteiger partial charge on any atom is -0.497 e. The Morgan fingerprint density at radius 3 is 2.45 bits per heavy atom. The highest BCUT2D eigenvalue weighted by atomic mass is 32.2. The van der Waals surface area contributed by atoms with Gasteiger partial charge in [0.1, 0.15) is 16.6 Å². The number of thiocyanates is 1. The van der Waals surface area contributed by atoms with Gasteiger partial charge in [0, 0.05) is 16.3 Å². The molecule has 0 aliphatic carbocycles. The minimum absolute atomic E-state index is 0.198. The average Bonchev–Trinajstić information content (AvgIpc) is 2.55. The fraction of sp³-hybridized carbons (Fsp3) is 0.188. The molecule has 0 heterocycles. The second kappa shape index (κ2) is 8.59. The van der Waals surface area contributed by atoms with Crippen LogP contribution in [0.2, 0.25) is 0 Å². The molecule has 0 fully saturated rings. The van der Waals surface area contributed by atoms with Crippen LogP contribution in [0.3, 0.4) is 0 Å². The van der Waals surface area contributed by atoms with Crippen LogP contribution in [0.15, 0.2) is 53.4 Å². The summed E-state index contributed by atoms with van der Waals surface area (Å²) in [6.07, 6.45) is 0. The summed E-state index contributed by atoms with van der Waals surface area (Å²) in [6.45, 7) is 0. The molecule has 0 aliphatic rings. The first kappa shape index (κ1) is 16.6. The normalized spacial score (nSPS) is 11.5. The van der Waals surface area contributed by atoms with Gasteiger partial charge in [-0.25, -0.2) is 0 Å². The number of nitrogens with one attached hydrogen (secondary N) is 1. The number of nitrogens with zero attached hydrogens (tertiary/aromatic N) is 1. The van der Waals surface area contributed by atoms with E-state index < -0.39 is 0 Å². The van der Waals surface area contributed by atoms with E-state index in [0.29, 0.717) is 0 Å². The van der Waals surface area contributed by atoms with Crippen LogP contribution in [0.4, 0.5) is 5.69 Å². The van der Waals surface area contributed by atoms with Crippen molar-refractivity contribution in [3.8, 4) is 11.2 Å². The van der Waals surface area contributed by atoms with Gasteiger partial charge >= 0.3 is 0 Å². The second-order valence-corrected chi connectivity index (χ2v) is 6.43. The molecule has 114 valence electrons. The molecule has 0 aromatic heterocycles. The maximum atomic E-state index is 8.61.